The summed E-state index contributed by atoms with van der Waals surface area (Å²) in [5.41, 5.74) is 0. The van der Waals surface area contributed by atoms with Crippen molar-refractivity contribution in [2.24, 2.45) is 0 Å². The predicted octanol–water partition coefficient (Wildman–Crippen LogP) is -7.69. The molecule has 0 rings (SSSR count). The van der Waals surface area contributed by atoms with Crippen molar-refractivity contribution in [3.63, 3.8) is 0 Å². The SMILES string of the molecule is O=P([O-])([O-])[S-].O=P([O-])([O-])[S-].O=P([O-])([O-])[S-].O=P([O-])([O-])[S-].[Pb+4].[Pb+4].[Pb+4]. The molecule has 128 valence electrons. The van der Waals surface area contributed by atoms with E-state index in [9.17, 15) is 0 Å². The molecule has 0 aliphatic heterocycles. The van der Waals surface area contributed by atoms with Gasteiger partial charge in [-0.05, 0) is 0 Å². The summed E-state index contributed by atoms with van der Waals surface area (Å²) in [6.07, 6.45) is 0. The molecule has 23 heavy (non-hydrogen) atoms. The fourth-order valence-electron chi connectivity index (χ4n) is 0. The molecule has 0 spiro atoms. The third kappa shape index (κ3) is 723. The first-order valence-electron chi connectivity index (χ1n) is 2.92. The second kappa shape index (κ2) is 21.5. The summed E-state index contributed by atoms with van der Waals surface area (Å²) < 4.78 is 35.7. The first kappa shape index (κ1) is 46.1. The summed E-state index contributed by atoms with van der Waals surface area (Å²) >= 11 is 13.1. The van der Waals surface area contributed by atoms with Crippen molar-refractivity contribution in [2.45, 2.75) is 0 Å². The molecule has 0 N–H and O–H groups in total. The molecule has 0 saturated carbocycles. The molecule has 0 aliphatic rings. The van der Waals surface area contributed by atoms with Gasteiger partial charge in [-0.2, -0.15) is 0 Å². The van der Waals surface area contributed by atoms with Crippen LogP contribution in [0.5, 0.6) is 0 Å². The Morgan fingerprint density at radius 1 is 0.391 bits per heavy atom. The zero-order valence-electron chi connectivity index (χ0n) is 9.82. The summed E-state index contributed by atoms with van der Waals surface area (Å²) in [6.45, 7) is -18.2. The molecular weight excluding hydrogens is 1070 g/mol. The van der Waals surface area contributed by atoms with Crippen molar-refractivity contribution in [1.82, 2.24) is 0 Å². The minimum atomic E-state index is -4.56. The Hall–Kier alpha value is 4.77. The third-order valence-corrected chi connectivity index (χ3v) is 0. The van der Waals surface area contributed by atoms with E-state index in [1.807, 2.05) is 0 Å². The van der Waals surface area contributed by atoms with Crippen LogP contribution in [0, 0.1) is 0 Å². The van der Waals surface area contributed by atoms with Crippen LogP contribution in [0.1, 0.15) is 0 Å². The predicted molar refractivity (Wildman–Crippen MR) is 77.1 cm³/mol. The van der Waals surface area contributed by atoms with Crippen LogP contribution >= 0.6 is 27.2 Å². The number of rotatable bonds is 0. The second-order valence-electron chi connectivity index (χ2n) is 1.79. The van der Waals surface area contributed by atoms with Crippen LogP contribution < -0.4 is 39.1 Å². The summed E-state index contributed by atoms with van der Waals surface area (Å²) in [4.78, 5) is 71.4. The van der Waals surface area contributed by atoms with Gasteiger partial charge in [0.05, 0.1) is 0 Å². The third-order valence-electron chi connectivity index (χ3n) is 0. The Bertz CT molecular complexity index is 305. The van der Waals surface area contributed by atoms with E-state index in [-0.39, 0.29) is 81.9 Å². The van der Waals surface area contributed by atoms with Gasteiger partial charge < -0.3 is 106 Å². The Morgan fingerprint density at radius 2 is 0.391 bits per heavy atom. The zero-order chi connectivity index (χ0) is 18.0. The smallest absolute Gasteiger partial charge is 0.829 e. The zero-order valence-corrected chi connectivity index (χ0v) is 28.3. The minimum Gasteiger partial charge on any atom is -0.829 e. The molecule has 0 aromatic rings. The molecule has 12 nitrogen and oxygen atoms in total. The molecule has 0 radical (unpaired) electrons. The van der Waals surface area contributed by atoms with E-state index < -0.39 is 27.2 Å². The van der Waals surface area contributed by atoms with Crippen LogP contribution in [0.2, 0.25) is 0 Å². The molecule has 23 heteroatoms. The van der Waals surface area contributed by atoms with Gasteiger partial charge in [0.25, 0.3) is 0 Å². The molecule has 0 heterocycles. The number of hydrogen-bond acceptors (Lipinski definition) is 16. The van der Waals surface area contributed by atoms with Gasteiger partial charge in [-0.3, -0.25) is 0 Å². The summed E-state index contributed by atoms with van der Waals surface area (Å²) in [6, 6.07) is 0. The van der Waals surface area contributed by atoms with E-state index in [4.69, 9.17) is 57.4 Å². The molecular formula is O12P4Pb3S4. The van der Waals surface area contributed by atoms with Crippen molar-refractivity contribution in [3.05, 3.63) is 0 Å². The molecule has 0 atom stereocenters. The van der Waals surface area contributed by atoms with Crippen LogP contribution in [0.3, 0.4) is 0 Å². The molecule has 0 aromatic carbocycles. The fraction of sp³-hybridized carbons (Fsp3) is 0. The van der Waals surface area contributed by atoms with Gasteiger partial charge in [-0.25, -0.2) is 27.2 Å². The van der Waals surface area contributed by atoms with Crippen LogP contribution in [0.25, 0.3) is 0 Å². The van der Waals surface area contributed by atoms with Crippen LogP contribution in [0.15, 0.2) is 0 Å². The molecule has 0 aliphatic carbocycles. The van der Waals surface area contributed by atoms with Gasteiger partial charge in [0.2, 0.25) is 0 Å². The Kier molecular flexibility index (Phi) is 43.1. The largest absolute Gasteiger partial charge is 4.00 e. The number of hydrogen-bond donors (Lipinski definition) is 0. The monoisotopic (exact) mass is 1070 g/mol. The minimum absolute atomic E-state index is 0. The maximum Gasteiger partial charge on any atom is 4.00 e. The van der Waals surface area contributed by atoms with E-state index in [1.165, 1.54) is 0 Å². The quantitative estimate of drug-likeness (QED) is 0.124. The van der Waals surface area contributed by atoms with Crippen LogP contribution in [-0.4, -0.2) is 81.9 Å². The second-order valence-corrected chi connectivity index (χ2v) is 10.7. The van der Waals surface area contributed by atoms with Gasteiger partial charge in [0.1, 0.15) is 0 Å². The summed E-state index contributed by atoms with van der Waals surface area (Å²) in [5.74, 6) is 0. The topological polar surface area (TPSA) is 253 Å². The van der Waals surface area contributed by atoms with Gasteiger partial charge >= 0.3 is 81.9 Å². The first-order chi connectivity index (χ1) is 8.00. The normalized spacial score (nSPS) is 10.3. The van der Waals surface area contributed by atoms with Crippen LogP contribution in [-0.2, 0) is 67.3 Å². The van der Waals surface area contributed by atoms with E-state index in [1.54, 1.807) is 0 Å². The van der Waals surface area contributed by atoms with E-state index in [0.717, 1.165) is 0 Å². The standard InChI is InChI=1S/4H3O3PS.3Pb/c4*1-4(2,3)5;;;/h4*(H3,1,2,3,5);;;/q;;;;3*+4/p-12. The van der Waals surface area contributed by atoms with Crippen molar-refractivity contribution in [1.29, 1.82) is 0 Å². The van der Waals surface area contributed by atoms with Crippen molar-refractivity contribution in [2.75, 3.05) is 0 Å². The molecule has 0 aromatic heterocycles. The molecule has 0 saturated heterocycles. The van der Waals surface area contributed by atoms with E-state index in [2.05, 4.69) is 49.0 Å². The summed E-state index contributed by atoms with van der Waals surface area (Å²) in [5, 5.41) is 0. The van der Waals surface area contributed by atoms with E-state index in [0.29, 0.717) is 0 Å². The molecule has 0 unspecified atom stereocenters. The molecule has 0 bridgehead atoms. The van der Waals surface area contributed by atoms with Crippen LogP contribution in [0.4, 0.5) is 0 Å². The Labute approximate surface area is 212 Å². The van der Waals surface area contributed by atoms with Gasteiger partial charge in [-0.15, -0.1) is 0 Å². The molecule has 0 amide bonds. The molecule has 0 fully saturated rings. The van der Waals surface area contributed by atoms with Gasteiger partial charge in [0, 0.05) is 0 Å². The Balaban J connectivity index is -0.0000000284. The Morgan fingerprint density at radius 3 is 0.391 bits per heavy atom. The van der Waals surface area contributed by atoms with E-state index >= 15 is 0 Å². The average Bonchev–Trinajstić information content (AvgIpc) is 1.62. The average molecular weight is 1070 g/mol. The van der Waals surface area contributed by atoms with Gasteiger partial charge in [0.15, 0.2) is 0 Å². The fourth-order valence-corrected chi connectivity index (χ4v) is 0. The summed E-state index contributed by atoms with van der Waals surface area (Å²) in [7, 11) is 0. The van der Waals surface area contributed by atoms with Crippen molar-refractivity contribution < 1.29 is 57.4 Å². The first-order valence-corrected chi connectivity index (χ1v) is 13.1. The maximum absolute atomic E-state index is 8.92. The van der Waals surface area contributed by atoms with Gasteiger partial charge in [-0.1, -0.05) is 0 Å². The van der Waals surface area contributed by atoms with Crippen molar-refractivity contribution >= 4 is 158 Å². The van der Waals surface area contributed by atoms with Crippen molar-refractivity contribution in [3.8, 4) is 0 Å². The maximum atomic E-state index is 8.92.